The monoisotopic (exact) mass is 390 g/mol. The molecule has 5 heteroatoms. The van der Waals surface area contributed by atoms with E-state index in [0.717, 1.165) is 56.8 Å². The Balaban J connectivity index is 1.42. The molecule has 1 aliphatic heterocycles. The SMILES string of the molecule is CCCn1c(N2CCC[C@@H](C(=O)NCCc3ccccc3)C2)nc2ccccc21. The van der Waals surface area contributed by atoms with Crippen molar-refractivity contribution in [2.24, 2.45) is 5.92 Å². The molecule has 3 aromatic rings. The molecule has 152 valence electrons. The average Bonchev–Trinajstić information content (AvgIpc) is 3.13. The number of imidazole rings is 1. The molecule has 1 N–H and O–H groups in total. The van der Waals surface area contributed by atoms with Crippen LogP contribution in [0.5, 0.6) is 0 Å². The lowest BCUT2D eigenvalue weighted by Crippen LogP contribution is -2.44. The van der Waals surface area contributed by atoms with Crippen molar-refractivity contribution in [2.45, 2.75) is 39.2 Å². The van der Waals surface area contributed by atoms with Gasteiger partial charge in [-0.05, 0) is 43.4 Å². The van der Waals surface area contributed by atoms with Gasteiger partial charge in [-0.15, -0.1) is 0 Å². The largest absolute Gasteiger partial charge is 0.355 e. The molecule has 0 spiro atoms. The lowest BCUT2D eigenvalue weighted by Gasteiger charge is -2.33. The summed E-state index contributed by atoms with van der Waals surface area (Å²) in [4.78, 5) is 20.0. The number of anilines is 1. The van der Waals surface area contributed by atoms with Gasteiger partial charge in [0.05, 0.1) is 17.0 Å². The van der Waals surface area contributed by atoms with E-state index in [9.17, 15) is 4.79 Å². The lowest BCUT2D eigenvalue weighted by atomic mass is 9.97. The summed E-state index contributed by atoms with van der Waals surface area (Å²) in [6.45, 7) is 5.52. The zero-order chi connectivity index (χ0) is 20.1. The standard InChI is InChI=1S/C24H30N4O/c1-2-16-28-22-13-7-6-12-21(22)26-24(28)27-17-8-11-20(18-27)23(29)25-15-14-19-9-4-3-5-10-19/h3-7,9-10,12-13,20H,2,8,11,14-18H2,1H3,(H,25,29)/t20-/m1/s1. The van der Waals surface area contributed by atoms with Gasteiger partial charge < -0.3 is 14.8 Å². The number of hydrogen-bond donors (Lipinski definition) is 1. The van der Waals surface area contributed by atoms with Crippen LogP contribution in [0, 0.1) is 5.92 Å². The van der Waals surface area contributed by atoms with Crippen molar-refractivity contribution in [3.8, 4) is 0 Å². The molecule has 4 rings (SSSR count). The van der Waals surface area contributed by atoms with Crippen molar-refractivity contribution in [3.63, 3.8) is 0 Å². The average molecular weight is 391 g/mol. The van der Waals surface area contributed by atoms with Crippen molar-refractivity contribution >= 4 is 22.9 Å². The molecule has 1 fully saturated rings. The van der Waals surface area contributed by atoms with E-state index >= 15 is 0 Å². The van der Waals surface area contributed by atoms with E-state index in [1.165, 1.54) is 11.1 Å². The minimum absolute atomic E-state index is 0.0226. The third kappa shape index (κ3) is 4.44. The molecule has 0 saturated carbocycles. The predicted molar refractivity (Wildman–Crippen MR) is 118 cm³/mol. The third-order valence-electron chi connectivity index (χ3n) is 5.71. The number of aromatic nitrogens is 2. The van der Waals surface area contributed by atoms with Crippen molar-refractivity contribution in [1.29, 1.82) is 0 Å². The number of benzene rings is 2. The Hall–Kier alpha value is -2.82. The van der Waals surface area contributed by atoms with E-state index in [0.29, 0.717) is 6.54 Å². The Bertz CT molecular complexity index is 950. The molecule has 1 aliphatic rings. The van der Waals surface area contributed by atoms with Crippen molar-refractivity contribution in [1.82, 2.24) is 14.9 Å². The molecule has 1 aromatic heterocycles. The fourth-order valence-corrected chi connectivity index (χ4v) is 4.24. The number of rotatable bonds is 7. The van der Waals surface area contributed by atoms with Crippen LogP contribution in [0.3, 0.4) is 0 Å². The van der Waals surface area contributed by atoms with Gasteiger partial charge in [0.2, 0.25) is 11.9 Å². The topological polar surface area (TPSA) is 50.2 Å². The third-order valence-corrected chi connectivity index (χ3v) is 5.71. The zero-order valence-corrected chi connectivity index (χ0v) is 17.2. The van der Waals surface area contributed by atoms with Gasteiger partial charge in [-0.25, -0.2) is 4.98 Å². The summed E-state index contributed by atoms with van der Waals surface area (Å²) in [6, 6.07) is 18.6. The molecular weight excluding hydrogens is 360 g/mol. The number of para-hydroxylation sites is 2. The van der Waals surface area contributed by atoms with Gasteiger partial charge in [-0.3, -0.25) is 4.79 Å². The number of carbonyl (C=O) groups excluding carboxylic acids is 1. The summed E-state index contributed by atoms with van der Waals surface area (Å²) in [5.41, 5.74) is 3.47. The van der Waals surface area contributed by atoms with E-state index in [4.69, 9.17) is 4.98 Å². The highest BCUT2D eigenvalue weighted by molar-refractivity contribution is 5.81. The first-order chi connectivity index (χ1) is 14.3. The molecule has 2 heterocycles. The molecule has 1 saturated heterocycles. The summed E-state index contributed by atoms with van der Waals surface area (Å²) in [5.74, 6) is 1.20. The molecule has 1 amide bonds. The molecule has 5 nitrogen and oxygen atoms in total. The van der Waals surface area contributed by atoms with Crippen LogP contribution in [-0.2, 0) is 17.8 Å². The fraction of sp³-hybridized carbons (Fsp3) is 0.417. The lowest BCUT2D eigenvalue weighted by molar-refractivity contribution is -0.125. The highest BCUT2D eigenvalue weighted by Gasteiger charge is 2.28. The van der Waals surface area contributed by atoms with Gasteiger partial charge in [0.15, 0.2) is 0 Å². The van der Waals surface area contributed by atoms with Gasteiger partial charge in [-0.2, -0.15) is 0 Å². The smallest absolute Gasteiger partial charge is 0.224 e. The summed E-state index contributed by atoms with van der Waals surface area (Å²) < 4.78 is 2.31. The fourth-order valence-electron chi connectivity index (χ4n) is 4.24. The molecule has 1 atom stereocenters. The van der Waals surface area contributed by atoms with Gasteiger partial charge in [0, 0.05) is 26.2 Å². The number of piperidine rings is 1. The van der Waals surface area contributed by atoms with Crippen molar-refractivity contribution in [2.75, 3.05) is 24.5 Å². The second-order valence-corrected chi connectivity index (χ2v) is 7.86. The molecule has 29 heavy (non-hydrogen) atoms. The number of nitrogens with zero attached hydrogens (tertiary/aromatic N) is 3. The Kier molecular flexibility index (Phi) is 6.13. The first-order valence-electron chi connectivity index (χ1n) is 10.8. The molecule has 0 radical (unpaired) electrons. The summed E-state index contributed by atoms with van der Waals surface area (Å²) in [6.07, 6.45) is 3.90. The second-order valence-electron chi connectivity index (χ2n) is 7.86. The van der Waals surface area contributed by atoms with Crippen LogP contribution in [0.15, 0.2) is 54.6 Å². The number of carbonyl (C=O) groups is 1. The molecular formula is C24H30N4O. The normalized spacial score (nSPS) is 16.9. The van der Waals surface area contributed by atoms with Gasteiger partial charge >= 0.3 is 0 Å². The van der Waals surface area contributed by atoms with Gasteiger partial charge in [0.25, 0.3) is 0 Å². The maximum atomic E-state index is 12.8. The van der Waals surface area contributed by atoms with E-state index in [2.05, 4.69) is 52.0 Å². The van der Waals surface area contributed by atoms with E-state index < -0.39 is 0 Å². The first-order valence-corrected chi connectivity index (χ1v) is 10.8. The molecule has 0 bridgehead atoms. The minimum atomic E-state index is 0.0226. The van der Waals surface area contributed by atoms with Crippen LogP contribution in [0.1, 0.15) is 31.7 Å². The Morgan fingerprint density at radius 2 is 1.93 bits per heavy atom. The van der Waals surface area contributed by atoms with Crippen LogP contribution in [0.4, 0.5) is 5.95 Å². The highest BCUT2D eigenvalue weighted by atomic mass is 16.1. The second kappa shape index (κ2) is 9.12. The highest BCUT2D eigenvalue weighted by Crippen LogP contribution is 2.27. The number of nitrogens with one attached hydrogen (secondary N) is 1. The van der Waals surface area contributed by atoms with E-state index in [1.807, 2.05) is 24.3 Å². The van der Waals surface area contributed by atoms with Crippen LogP contribution >= 0.6 is 0 Å². The van der Waals surface area contributed by atoms with Gasteiger partial charge in [-0.1, -0.05) is 49.4 Å². The predicted octanol–water partition coefficient (Wildman–Crippen LogP) is 4.02. The van der Waals surface area contributed by atoms with E-state index in [-0.39, 0.29) is 11.8 Å². The van der Waals surface area contributed by atoms with Crippen LogP contribution in [0.25, 0.3) is 11.0 Å². The maximum Gasteiger partial charge on any atom is 0.224 e. The summed E-state index contributed by atoms with van der Waals surface area (Å²) >= 11 is 0. The minimum Gasteiger partial charge on any atom is -0.355 e. The van der Waals surface area contributed by atoms with Crippen LogP contribution in [-0.4, -0.2) is 35.1 Å². The van der Waals surface area contributed by atoms with E-state index in [1.54, 1.807) is 0 Å². The number of aryl methyl sites for hydroxylation is 1. The van der Waals surface area contributed by atoms with Crippen molar-refractivity contribution in [3.05, 3.63) is 60.2 Å². The van der Waals surface area contributed by atoms with Crippen LogP contribution < -0.4 is 10.2 Å². The summed E-state index contributed by atoms with van der Waals surface area (Å²) in [7, 11) is 0. The molecule has 0 unspecified atom stereocenters. The Labute approximate surface area is 172 Å². The number of amides is 1. The maximum absolute atomic E-state index is 12.8. The van der Waals surface area contributed by atoms with Crippen molar-refractivity contribution < 1.29 is 4.79 Å². The number of fused-ring (bicyclic) bond motifs is 1. The van der Waals surface area contributed by atoms with Gasteiger partial charge in [0.1, 0.15) is 0 Å². The molecule has 2 aromatic carbocycles. The Morgan fingerprint density at radius 1 is 1.14 bits per heavy atom. The molecule has 0 aliphatic carbocycles. The van der Waals surface area contributed by atoms with Crippen LogP contribution in [0.2, 0.25) is 0 Å². The number of hydrogen-bond acceptors (Lipinski definition) is 3. The Morgan fingerprint density at radius 3 is 2.76 bits per heavy atom. The first kappa shape index (κ1) is 19.5. The zero-order valence-electron chi connectivity index (χ0n) is 17.2. The quantitative estimate of drug-likeness (QED) is 0.663. The summed E-state index contributed by atoms with van der Waals surface area (Å²) in [5, 5.41) is 3.15.